The van der Waals surface area contributed by atoms with E-state index in [4.69, 9.17) is 0 Å². The second kappa shape index (κ2) is 1.08. The fourth-order valence-electron chi connectivity index (χ4n) is 0.295. The molecule has 0 amide bonds. The summed E-state index contributed by atoms with van der Waals surface area (Å²) in [5.41, 5.74) is 5.65. The fourth-order valence-corrected chi connectivity index (χ4v) is 0.295. The highest BCUT2D eigenvalue weighted by atomic mass is 15.4. The maximum absolute atomic E-state index is 2.86. The third-order valence-corrected chi connectivity index (χ3v) is 0.523. The number of hydrogen-bond donors (Lipinski definition) is 2. The van der Waals surface area contributed by atoms with Gasteiger partial charge in [0, 0.05) is 12.7 Å². The fraction of sp³-hybridized carbons (Fsp3) is 0.333. The summed E-state index contributed by atoms with van der Waals surface area (Å²) in [6, 6.07) is 0. The number of hydrazine groups is 1. The zero-order valence-corrected chi connectivity index (χ0v) is 2.86. The minimum Gasteiger partial charge on any atom is -0.329 e. The molecule has 1 heterocycles. The molecule has 1 aliphatic heterocycles. The zero-order chi connectivity index (χ0) is 3.54. The second-order valence-corrected chi connectivity index (χ2v) is 0.928. The van der Waals surface area contributed by atoms with Gasteiger partial charge in [-0.1, -0.05) is 6.08 Å². The molecule has 0 bridgehead atoms. The Morgan fingerprint density at radius 2 is 2.60 bits per heavy atom. The van der Waals surface area contributed by atoms with Gasteiger partial charge in [-0.25, -0.2) is 5.43 Å². The lowest BCUT2D eigenvalue weighted by atomic mass is 10.7. The first-order chi connectivity index (χ1) is 2.50. The van der Waals surface area contributed by atoms with Gasteiger partial charge in [-0.3, -0.25) is 0 Å². The second-order valence-electron chi connectivity index (χ2n) is 0.928. The summed E-state index contributed by atoms with van der Waals surface area (Å²) in [6.45, 7) is 0.958. The molecule has 0 fully saturated rings. The molecule has 2 heteroatoms. The number of hydrogen-bond acceptors (Lipinski definition) is 2. The molecule has 0 aliphatic carbocycles. The summed E-state index contributed by atoms with van der Waals surface area (Å²) < 4.78 is 0. The maximum atomic E-state index is 2.86. The molecule has 5 heavy (non-hydrogen) atoms. The van der Waals surface area contributed by atoms with Crippen molar-refractivity contribution in [1.29, 1.82) is 0 Å². The normalized spacial score (nSPS) is 19.2. The average molecular weight is 70.1 g/mol. The van der Waals surface area contributed by atoms with Gasteiger partial charge in [0.2, 0.25) is 0 Å². The molecule has 0 aromatic rings. The van der Waals surface area contributed by atoms with E-state index >= 15 is 0 Å². The quantitative estimate of drug-likeness (QED) is 0.405. The molecule has 1 rings (SSSR count). The first-order valence-electron chi connectivity index (χ1n) is 1.63. The van der Waals surface area contributed by atoms with Gasteiger partial charge in [-0.15, -0.1) is 0 Å². The van der Waals surface area contributed by atoms with Crippen molar-refractivity contribution in [2.75, 3.05) is 6.54 Å². The Kier molecular flexibility index (Phi) is 0.588. The Balaban J connectivity index is 2.32. The topological polar surface area (TPSA) is 24.1 Å². The molecule has 28 valence electrons. The Labute approximate surface area is 30.8 Å². The van der Waals surface area contributed by atoms with Gasteiger partial charge in [0.05, 0.1) is 0 Å². The summed E-state index contributed by atoms with van der Waals surface area (Å²) in [5, 5.41) is 0. The van der Waals surface area contributed by atoms with Gasteiger partial charge in [0.25, 0.3) is 0 Å². The van der Waals surface area contributed by atoms with Crippen LogP contribution < -0.4 is 10.9 Å². The predicted molar refractivity (Wildman–Crippen MR) is 20.3 cm³/mol. The lowest BCUT2D eigenvalue weighted by Gasteiger charge is -1.83. The molecule has 0 radical (unpaired) electrons. The van der Waals surface area contributed by atoms with Crippen LogP contribution in [-0.4, -0.2) is 6.54 Å². The smallest absolute Gasteiger partial charge is 0.0345 e. The molecule has 1 aliphatic rings. The molecular formula is C3H6N2. The third kappa shape index (κ3) is 0.389. The maximum Gasteiger partial charge on any atom is 0.0345 e. The SMILES string of the molecule is C1=CNNC1. The van der Waals surface area contributed by atoms with Gasteiger partial charge in [0.1, 0.15) is 0 Å². The number of rotatable bonds is 0. The first-order valence-corrected chi connectivity index (χ1v) is 1.63. The Hall–Kier alpha value is -0.500. The highest BCUT2D eigenvalue weighted by Gasteiger charge is 1.78. The van der Waals surface area contributed by atoms with Crippen LogP contribution in [0.15, 0.2) is 12.3 Å². The van der Waals surface area contributed by atoms with Gasteiger partial charge in [-0.2, -0.15) is 0 Å². The van der Waals surface area contributed by atoms with Crippen LogP contribution in [0.25, 0.3) is 0 Å². The van der Waals surface area contributed by atoms with Crippen LogP contribution in [0.1, 0.15) is 0 Å². The molecule has 0 atom stereocenters. The van der Waals surface area contributed by atoms with Crippen molar-refractivity contribution in [3.63, 3.8) is 0 Å². The van der Waals surface area contributed by atoms with Crippen LogP contribution in [0.2, 0.25) is 0 Å². The first kappa shape index (κ1) is 2.72. The number of nitrogens with one attached hydrogen (secondary N) is 2. The molecule has 0 saturated carbocycles. The van der Waals surface area contributed by atoms with E-state index in [9.17, 15) is 0 Å². The highest BCUT2D eigenvalue weighted by molar-refractivity contribution is 4.85. The van der Waals surface area contributed by atoms with E-state index in [0.29, 0.717) is 0 Å². The standard InChI is InChI=1S/C3H6N2/c1-2-4-5-3-1/h1-2,4-5H,3H2. The van der Waals surface area contributed by atoms with E-state index < -0.39 is 0 Å². The lowest BCUT2D eigenvalue weighted by Crippen LogP contribution is -2.19. The average Bonchev–Trinajstić information content (AvgIpc) is 1.76. The summed E-state index contributed by atoms with van der Waals surface area (Å²) in [7, 11) is 0. The van der Waals surface area contributed by atoms with Crippen molar-refractivity contribution in [3.05, 3.63) is 12.3 Å². The van der Waals surface area contributed by atoms with Gasteiger partial charge < -0.3 is 5.43 Å². The minimum absolute atomic E-state index is 0.958. The van der Waals surface area contributed by atoms with E-state index in [0.717, 1.165) is 6.54 Å². The molecule has 0 unspecified atom stereocenters. The molecule has 0 aromatic carbocycles. The Morgan fingerprint density at radius 3 is 2.80 bits per heavy atom. The molecule has 2 N–H and O–H groups in total. The highest BCUT2D eigenvalue weighted by Crippen LogP contribution is 1.67. The van der Waals surface area contributed by atoms with Crippen molar-refractivity contribution in [1.82, 2.24) is 10.9 Å². The molecule has 2 nitrogen and oxygen atoms in total. The van der Waals surface area contributed by atoms with E-state index in [-0.39, 0.29) is 0 Å². The van der Waals surface area contributed by atoms with E-state index in [1.54, 1.807) is 0 Å². The zero-order valence-electron chi connectivity index (χ0n) is 2.86. The van der Waals surface area contributed by atoms with Crippen LogP contribution in [0.5, 0.6) is 0 Å². The molecule has 0 saturated heterocycles. The minimum atomic E-state index is 0.958. The van der Waals surface area contributed by atoms with Gasteiger partial charge >= 0.3 is 0 Å². The predicted octanol–water partition coefficient (Wildman–Crippen LogP) is -0.392. The Bertz CT molecular complexity index is 42.9. The van der Waals surface area contributed by atoms with E-state index in [1.165, 1.54) is 0 Å². The van der Waals surface area contributed by atoms with Gasteiger partial charge in [0.15, 0.2) is 0 Å². The van der Waals surface area contributed by atoms with Crippen molar-refractivity contribution >= 4 is 0 Å². The Morgan fingerprint density at radius 1 is 1.60 bits per heavy atom. The monoisotopic (exact) mass is 70.1 g/mol. The largest absolute Gasteiger partial charge is 0.329 e. The van der Waals surface area contributed by atoms with Crippen LogP contribution in [0.3, 0.4) is 0 Å². The van der Waals surface area contributed by atoms with Gasteiger partial charge in [-0.05, 0) is 0 Å². The van der Waals surface area contributed by atoms with Crippen molar-refractivity contribution in [3.8, 4) is 0 Å². The third-order valence-electron chi connectivity index (χ3n) is 0.523. The summed E-state index contributed by atoms with van der Waals surface area (Å²) >= 11 is 0. The van der Waals surface area contributed by atoms with Crippen molar-refractivity contribution < 1.29 is 0 Å². The van der Waals surface area contributed by atoms with Crippen molar-refractivity contribution in [2.24, 2.45) is 0 Å². The van der Waals surface area contributed by atoms with Crippen LogP contribution in [-0.2, 0) is 0 Å². The van der Waals surface area contributed by atoms with E-state index in [2.05, 4.69) is 10.9 Å². The molecular weight excluding hydrogens is 64.0 g/mol. The van der Waals surface area contributed by atoms with E-state index in [1.807, 2.05) is 12.3 Å². The molecule has 0 aromatic heterocycles. The molecule has 0 spiro atoms. The van der Waals surface area contributed by atoms with Crippen LogP contribution in [0, 0.1) is 0 Å². The van der Waals surface area contributed by atoms with Crippen LogP contribution >= 0.6 is 0 Å². The lowest BCUT2D eigenvalue weighted by molar-refractivity contribution is 0.727. The summed E-state index contributed by atoms with van der Waals surface area (Å²) in [6.07, 6.45) is 3.89. The summed E-state index contributed by atoms with van der Waals surface area (Å²) in [4.78, 5) is 0. The van der Waals surface area contributed by atoms with Crippen molar-refractivity contribution in [2.45, 2.75) is 0 Å². The van der Waals surface area contributed by atoms with Crippen LogP contribution in [0.4, 0.5) is 0 Å². The summed E-state index contributed by atoms with van der Waals surface area (Å²) in [5.74, 6) is 0.